The SMILES string of the molecule is Cc1cc(Nc2ncnc(N)n2)c(=O)n2c1C(=O)NC21CCCC1. The number of aromatic nitrogens is 4. The molecule has 9 nitrogen and oxygen atoms in total. The molecule has 1 amide bonds. The normalized spacial score (nSPS) is 17.8. The predicted molar refractivity (Wildman–Crippen MR) is 86.9 cm³/mol. The Morgan fingerprint density at radius 3 is 2.75 bits per heavy atom. The second-order valence-electron chi connectivity index (χ2n) is 6.22. The highest BCUT2D eigenvalue weighted by Gasteiger charge is 2.46. The van der Waals surface area contributed by atoms with Gasteiger partial charge in [-0.05, 0) is 44.2 Å². The number of nitrogen functional groups attached to an aromatic ring is 1. The number of anilines is 3. The van der Waals surface area contributed by atoms with Crippen LogP contribution in [0.25, 0.3) is 0 Å². The standard InChI is InChI=1S/C15H17N7O2/c1-8-6-9(19-14-18-7-17-13(16)20-14)12(24)22-10(8)11(23)21-15(22)4-2-3-5-15/h6-7H,2-5H2,1H3,(H,21,23)(H3,16,17,18,19,20). The second-order valence-corrected chi connectivity index (χ2v) is 6.22. The van der Waals surface area contributed by atoms with Gasteiger partial charge in [-0.25, -0.2) is 9.97 Å². The molecule has 1 saturated carbocycles. The number of nitrogens with two attached hydrogens (primary N) is 1. The number of pyridine rings is 1. The van der Waals surface area contributed by atoms with Gasteiger partial charge in [0, 0.05) is 0 Å². The molecule has 3 heterocycles. The topological polar surface area (TPSA) is 128 Å². The third kappa shape index (κ3) is 2.04. The van der Waals surface area contributed by atoms with E-state index in [2.05, 4.69) is 25.6 Å². The number of rotatable bonds is 2. The molecule has 1 aliphatic heterocycles. The molecule has 0 bridgehead atoms. The molecule has 1 spiro atoms. The highest BCUT2D eigenvalue weighted by atomic mass is 16.2. The van der Waals surface area contributed by atoms with Crippen LogP contribution < -0.4 is 21.9 Å². The predicted octanol–water partition coefficient (Wildman–Crippen LogP) is 0.638. The minimum atomic E-state index is -0.607. The average Bonchev–Trinajstić information content (AvgIpc) is 3.10. The highest BCUT2D eigenvalue weighted by molar-refractivity contribution is 5.97. The Morgan fingerprint density at radius 1 is 1.29 bits per heavy atom. The van der Waals surface area contributed by atoms with E-state index < -0.39 is 5.66 Å². The molecule has 0 atom stereocenters. The van der Waals surface area contributed by atoms with Gasteiger partial charge in [0.1, 0.15) is 23.4 Å². The van der Waals surface area contributed by atoms with Crippen molar-refractivity contribution in [2.45, 2.75) is 38.3 Å². The molecular weight excluding hydrogens is 310 g/mol. The van der Waals surface area contributed by atoms with Gasteiger partial charge >= 0.3 is 0 Å². The van der Waals surface area contributed by atoms with Crippen LogP contribution in [-0.2, 0) is 5.66 Å². The van der Waals surface area contributed by atoms with Gasteiger partial charge in [0.05, 0.1) is 0 Å². The monoisotopic (exact) mass is 327 g/mol. The molecule has 24 heavy (non-hydrogen) atoms. The Bertz CT molecular complexity index is 899. The third-order valence-electron chi connectivity index (χ3n) is 4.65. The number of hydrogen-bond acceptors (Lipinski definition) is 7. The van der Waals surface area contributed by atoms with Crippen LogP contribution in [0.15, 0.2) is 17.2 Å². The Balaban J connectivity index is 1.85. The maximum atomic E-state index is 13.0. The molecule has 2 aliphatic rings. The van der Waals surface area contributed by atoms with Crippen LogP contribution in [0.5, 0.6) is 0 Å². The largest absolute Gasteiger partial charge is 0.368 e. The van der Waals surface area contributed by atoms with E-state index in [4.69, 9.17) is 5.73 Å². The molecule has 124 valence electrons. The van der Waals surface area contributed by atoms with E-state index in [0.29, 0.717) is 11.4 Å². The maximum Gasteiger partial charge on any atom is 0.276 e. The van der Waals surface area contributed by atoms with E-state index in [0.717, 1.165) is 31.2 Å². The molecule has 0 radical (unpaired) electrons. The fourth-order valence-electron chi connectivity index (χ4n) is 3.65. The highest BCUT2D eigenvalue weighted by Crippen LogP contribution is 2.38. The van der Waals surface area contributed by atoms with Gasteiger partial charge in [-0.15, -0.1) is 0 Å². The second kappa shape index (κ2) is 5.02. The van der Waals surface area contributed by atoms with Crippen molar-refractivity contribution in [2.24, 2.45) is 0 Å². The van der Waals surface area contributed by atoms with E-state index in [1.54, 1.807) is 10.6 Å². The van der Waals surface area contributed by atoms with E-state index in [-0.39, 0.29) is 23.4 Å². The summed E-state index contributed by atoms with van der Waals surface area (Å²) >= 11 is 0. The van der Waals surface area contributed by atoms with E-state index in [1.165, 1.54) is 6.33 Å². The molecule has 4 N–H and O–H groups in total. The van der Waals surface area contributed by atoms with Crippen LogP contribution in [0.1, 0.15) is 41.7 Å². The van der Waals surface area contributed by atoms with Gasteiger partial charge < -0.3 is 16.4 Å². The molecule has 2 aromatic rings. The van der Waals surface area contributed by atoms with Crippen molar-refractivity contribution in [3.05, 3.63) is 34.0 Å². The molecule has 0 unspecified atom stereocenters. The van der Waals surface area contributed by atoms with Crippen molar-refractivity contribution in [1.82, 2.24) is 24.8 Å². The Morgan fingerprint density at radius 2 is 2.04 bits per heavy atom. The molecular formula is C15H17N7O2. The quantitative estimate of drug-likeness (QED) is 0.738. The lowest BCUT2D eigenvalue weighted by Crippen LogP contribution is -2.45. The van der Waals surface area contributed by atoms with Crippen LogP contribution in [0.3, 0.4) is 0 Å². The Labute approximate surface area is 137 Å². The first-order chi connectivity index (χ1) is 11.5. The van der Waals surface area contributed by atoms with Crippen LogP contribution in [0.4, 0.5) is 17.6 Å². The van der Waals surface area contributed by atoms with Crippen molar-refractivity contribution in [3.8, 4) is 0 Å². The molecule has 0 aromatic carbocycles. The zero-order valence-corrected chi connectivity index (χ0v) is 13.2. The summed E-state index contributed by atoms with van der Waals surface area (Å²) in [6, 6.07) is 1.64. The van der Waals surface area contributed by atoms with E-state index in [1.807, 2.05) is 6.92 Å². The lowest BCUT2D eigenvalue weighted by molar-refractivity contribution is 0.0920. The summed E-state index contributed by atoms with van der Waals surface area (Å²) in [5.41, 5.74) is 6.13. The van der Waals surface area contributed by atoms with E-state index >= 15 is 0 Å². The lowest BCUT2D eigenvalue weighted by atomic mass is 10.1. The molecule has 1 aliphatic carbocycles. The Kier molecular flexibility index (Phi) is 3.05. The number of aryl methyl sites for hydroxylation is 1. The smallest absolute Gasteiger partial charge is 0.276 e. The summed E-state index contributed by atoms with van der Waals surface area (Å²) in [5.74, 6) is 0.0642. The van der Waals surface area contributed by atoms with Crippen LogP contribution in [0.2, 0.25) is 0 Å². The number of carbonyl (C=O) groups excluding carboxylic acids is 1. The summed E-state index contributed by atoms with van der Waals surface area (Å²) < 4.78 is 1.60. The molecule has 0 saturated heterocycles. The van der Waals surface area contributed by atoms with Gasteiger partial charge in [-0.2, -0.15) is 4.98 Å². The maximum absolute atomic E-state index is 13.0. The van der Waals surface area contributed by atoms with Gasteiger partial charge in [0.15, 0.2) is 0 Å². The molecule has 4 rings (SSSR count). The van der Waals surface area contributed by atoms with E-state index in [9.17, 15) is 9.59 Å². The van der Waals surface area contributed by atoms with Gasteiger partial charge in [-0.1, -0.05) is 0 Å². The summed E-state index contributed by atoms with van der Waals surface area (Å²) in [4.78, 5) is 37.0. The first-order valence-electron chi connectivity index (χ1n) is 7.81. The van der Waals surface area contributed by atoms with Gasteiger partial charge in [0.2, 0.25) is 11.9 Å². The first kappa shape index (κ1) is 14.6. The third-order valence-corrected chi connectivity index (χ3v) is 4.65. The number of nitrogens with one attached hydrogen (secondary N) is 2. The number of fused-ring (bicyclic) bond motifs is 2. The molecule has 1 fully saturated rings. The minimum absolute atomic E-state index is 0.0644. The summed E-state index contributed by atoms with van der Waals surface area (Å²) in [7, 11) is 0. The minimum Gasteiger partial charge on any atom is -0.368 e. The lowest BCUT2D eigenvalue weighted by Gasteiger charge is -2.26. The average molecular weight is 327 g/mol. The van der Waals surface area contributed by atoms with Crippen LogP contribution in [-0.4, -0.2) is 25.4 Å². The van der Waals surface area contributed by atoms with Crippen molar-refractivity contribution in [2.75, 3.05) is 11.1 Å². The Hall–Kier alpha value is -2.97. The number of nitrogens with zero attached hydrogens (tertiary/aromatic N) is 4. The number of hydrogen-bond donors (Lipinski definition) is 3. The van der Waals surface area contributed by atoms with Crippen molar-refractivity contribution >= 4 is 23.5 Å². The summed E-state index contributed by atoms with van der Waals surface area (Å²) in [6.45, 7) is 1.81. The zero-order valence-electron chi connectivity index (χ0n) is 13.2. The van der Waals surface area contributed by atoms with Crippen LogP contribution in [0, 0.1) is 6.92 Å². The van der Waals surface area contributed by atoms with Crippen LogP contribution >= 0.6 is 0 Å². The van der Waals surface area contributed by atoms with Crippen molar-refractivity contribution < 1.29 is 4.79 Å². The number of carbonyl (C=O) groups is 1. The fourth-order valence-corrected chi connectivity index (χ4v) is 3.65. The van der Waals surface area contributed by atoms with Gasteiger partial charge in [-0.3, -0.25) is 14.2 Å². The summed E-state index contributed by atoms with van der Waals surface area (Å²) in [5, 5.41) is 5.90. The van der Waals surface area contributed by atoms with Crippen molar-refractivity contribution in [1.29, 1.82) is 0 Å². The number of amides is 1. The molecule has 9 heteroatoms. The van der Waals surface area contributed by atoms with Crippen molar-refractivity contribution in [3.63, 3.8) is 0 Å². The first-order valence-corrected chi connectivity index (χ1v) is 7.81. The zero-order chi connectivity index (χ0) is 16.9. The summed E-state index contributed by atoms with van der Waals surface area (Å²) in [6.07, 6.45) is 4.74. The fraction of sp³-hybridized carbons (Fsp3) is 0.400. The van der Waals surface area contributed by atoms with Gasteiger partial charge in [0.25, 0.3) is 11.5 Å². The molecule has 2 aromatic heterocycles.